The van der Waals surface area contributed by atoms with Gasteiger partial charge in [0, 0.05) is 5.92 Å². The van der Waals surface area contributed by atoms with Gasteiger partial charge >= 0.3 is 0 Å². The van der Waals surface area contributed by atoms with Crippen LogP contribution in [0.5, 0.6) is 0 Å². The Morgan fingerprint density at radius 1 is 0.850 bits per heavy atom. The Morgan fingerprint density at radius 3 is 1.75 bits per heavy atom. The molecule has 0 aliphatic rings. The minimum Gasteiger partial charge on any atom is -0.0991 e. The van der Waals surface area contributed by atoms with Crippen LogP contribution in [-0.2, 0) is 0 Å². The molecule has 0 saturated carbocycles. The van der Waals surface area contributed by atoms with Crippen molar-refractivity contribution in [2.24, 2.45) is 5.92 Å². The van der Waals surface area contributed by atoms with E-state index in [0.717, 1.165) is 0 Å². The molecule has 0 aromatic rings. The zero-order valence-corrected chi connectivity index (χ0v) is 14.6. The van der Waals surface area contributed by atoms with E-state index in [1.165, 1.54) is 11.1 Å². The van der Waals surface area contributed by atoms with Crippen LogP contribution in [0.2, 0.25) is 0 Å². The zero-order valence-electron chi connectivity index (χ0n) is 14.6. The Labute approximate surface area is 128 Å². The van der Waals surface area contributed by atoms with Crippen molar-refractivity contribution < 1.29 is 0 Å². The Balaban J connectivity index is -0.000000656. The van der Waals surface area contributed by atoms with Crippen LogP contribution < -0.4 is 0 Å². The van der Waals surface area contributed by atoms with Gasteiger partial charge < -0.3 is 0 Å². The molecule has 0 saturated heterocycles. The van der Waals surface area contributed by atoms with Crippen LogP contribution in [0.25, 0.3) is 0 Å². The predicted octanol–water partition coefficient (Wildman–Crippen LogP) is 7.05. The van der Waals surface area contributed by atoms with Crippen LogP contribution in [0, 0.1) is 5.92 Å². The summed E-state index contributed by atoms with van der Waals surface area (Å²) in [4.78, 5) is 0. The molecule has 0 nitrogen and oxygen atoms in total. The highest BCUT2D eigenvalue weighted by Gasteiger charge is 2.07. The van der Waals surface area contributed by atoms with Crippen molar-refractivity contribution in [3.05, 3.63) is 72.9 Å². The molecule has 0 amide bonds. The molecule has 1 unspecified atom stereocenters. The smallest absolute Gasteiger partial charge is 0.00606 e. The van der Waals surface area contributed by atoms with Crippen molar-refractivity contribution in [3.8, 4) is 0 Å². The Morgan fingerprint density at radius 2 is 1.40 bits per heavy atom. The maximum absolute atomic E-state index is 3.84. The highest BCUT2D eigenvalue weighted by molar-refractivity contribution is 5.37. The summed E-state index contributed by atoms with van der Waals surface area (Å²) in [5.41, 5.74) is 2.46. The van der Waals surface area contributed by atoms with Gasteiger partial charge in [-0.15, -0.1) is 0 Å². The molecule has 0 aliphatic heterocycles. The lowest BCUT2D eigenvalue weighted by atomic mass is 9.91. The van der Waals surface area contributed by atoms with Crippen LogP contribution in [0.1, 0.15) is 48.5 Å². The van der Waals surface area contributed by atoms with E-state index < -0.39 is 0 Å². The summed E-state index contributed by atoms with van der Waals surface area (Å²) < 4.78 is 0. The van der Waals surface area contributed by atoms with Gasteiger partial charge in [-0.3, -0.25) is 0 Å². The van der Waals surface area contributed by atoms with E-state index in [1.54, 1.807) is 6.08 Å². The topological polar surface area (TPSA) is 0 Å². The molecule has 114 valence electrons. The summed E-state index contributed by atoms with van der Waals surface area (Å²) in [6.45, 7) is 21.8. The average molecular weight is 274 g/mol. The van der Waals surface area contributed by atoms with E-state index in [1.807, 2.05) is 59.8 Å². The first-order valence-corrected chi connectivity index (χ1v) is 7.61. The molecular formula is C20H34. The Hall–Kier alpha value is -1.56. The molecular weight excluding hydrogens is 240 g/mol. The molecule has 0 rings (SSSR count). The third kappa shape index (κ3) is 11.5. The molecule has 0 spiro atoms. The Kier molecular flexibility index (Phi) is 23.3. The van der Waals surface area contributed by atoms with E-state index in [2.05, 4.69) is 44.4 Å². The van der Waals surface area contributed by atoms with E-state index >= 15 is 0 Å². The first-order valence-electron chi connectivity index (χ1n) is 7.61. The van der Waals surface area contributed by atoms with Gasteiger partial charge in [0.25, 0.3) is 0 Å². The maximum atomic E-state index is 3.84. The van der Waals surface area contributed by atoms with Gasteiger partial charge in [-0.25, -0.2) is 0 Å². The molecule has 0 heteroatoms. The summed E-state index contributed by atoms with van der Waals surface area (Å²) >= 11 is 0. The Bertz CT molecular complexity index is 335. The second-order valence-electron chi connectivity index (χ2n) is 3.52. The van der Waals surface area contributed by atoms with E-state index in [4.69, 9.17) is 0 Å². The summed E-state index contributed by atoms with van der Waals surface area (Å²) in [5, 5.41) is 0. The maximum Gasteiger partial charge on any atom is 0.00606 e. The minimum absolute atomic E-state index is 0.336. The summed E-state index contributed by atoms with van der Waals surface area (Å²) in [5.74, 6) is 0.336. The zero-order chi connectivity index (χ0) is 16.4. The van der Waals surface area contributed by atoms with Crippen molar-refractivity contribution >= 4 is 0 Å². The summed E-state index contributed by atoms with van der Waals surface area (Å²) in [6.07, 6.45) is 16.1. The quantitative estimate of drug-likeness (QED) is 0.455. The number of allylic oxidation sites excluding steroid dienone is 10. The van der Waals surface area contributed by atoms with Gasteiger partial charge in [-0.05, 0) is 25.0 Å². The third-order valence-corrected chi connectivity index (χ3v) is 2.39. The van der Waals surface area contributed by atoms with Crippen LogP contribution in [0.15, 0.2) is 72.9 Å². The van der Waals surface area contributed by atoms with Crippen molar-refractivity contribution in [1.29, 1.82) is 0 Å². The lowest BCUT2D eigenvalue weighted by Crippen LogP contribution is -1.99. The second kappa shape index (κ2) is 19.8. The molecule has 0 aromatic heterocycles. The van der Waals surface area contributed by atoms with Crippen molar-refractivity contribution in [2.45, 2.75) is 48.5 Å². The fourth-order valence-electron chi connectivity index (χ4n) is 1.46. The molecule has 0 fully saturated rings. The predicted molar refractivity (Wildman–Crippen MR) is 98.0 cm³/mol. The molecule has 0 aliphatic carbocycles. The van der Waals surface area contributed by atoms with Crippen molar-refractivity contribution in [3.63, 3.8) is 0 Å². The fourth-order valence-corrected chi connectivity index (χ4v) is 1.46. The summed E-state index contributed by atoms with van der Waals surface area (Å²) in [7, 11) is 0. The monoisotopic (exact) mass is 274 g/mol. The number of hydrogen-bond acceptors (Lipinski definition) is 0. The molecule has 1 atom stereocenters. The molecule has 0 aromatic carbocycles. The number of hydrogen-bond donors (Lipinski definition) is 0. The summed E-state index contributed by atoms with van der Waals surface area (Å²) in [6, 6.07) is 0. The van der Waals surface area contributed by atoms with Gasteiger partial charge in [0.1, 0.15) is 0 Å². The largest absolute Gasteiger partial charge is 0.0991 e. The molecule has 0 radical (unpaired) electrons. The highest BCUT2D eigenvalue weighted by atomic mass is 14.1. The fraction of sp³-hybridized carbons (Fsp3) is 0.400. The minimum atomic E-state index is 0.336. The van der Waals surface area contributed by atoms with Gasteiger partial charge in [-0.1, -0.05) is 96.4 Å². The molecule has 0 N–H and O–H groups in total. The van der Waals surface area contributed by atoms with Crippen LogP contribution in [0.3, 0.4) is 0 Å². The van der Waals surface area contributed by atoms with Gasteiger partial charge in [0.2, 0.25) is 0 Å². The standard InChI is InChI=1S/C16H22.2C2H6/c1-6-10-13-16(12-8-3)14(5)15(9-4)11-7-2;2*1-2/h6-14H,2,4H2,1,3,5H3;2*1-2H3/b10-6-,12-8-,15-11+,16-13+;;. The first-order chi connectivity index (χ1) is 9.71. The van der Waals surface area contributed by atoms with Crippen LogP contribution in [0.4, 0.5) is 0 Å². The SMILES string of the molecule is C=C/C=C(\C=C)C(C)C(/C=C\C)=C/C=C\C.CC.CC. The van der Waals surface area contributed by atoms with E-state index in [9.17, 15) is 0 Å². The van der Waals surface area contributed by atoms with E-state index in [-0.39, 0.29) is 0 Å². The molecule has 0 bridgehead atoms. The van der Waals surface area contributed by atoms with Crippen molar-refractivity contribution in [1.82, 2.24) is 0 Å². The third-order valence-electron chi connectivity index (χ3n) is 2.39. The first kappa shape index (κ1) is 23.5. The van der Waals surface area contributed by atoms with Gasteiger partial charge in [-0.2, -0.15) is 0 Å². The molecule has 20 heavy (non-hydrogen) atoms. The van der Waals surface area contributed by atoms with Gasteiger partial charge in [0.15, 0.2) is 0 Å². The second-order valence-corrected chi connectivity index (χ2v) is 3.52. The van der Waals surface area contributed by atoms with Gasteiger partial charge in [0.05, 0.1) is 0 Å². The average Bonchev–Trinajstić information content (AvgIpc) is 2.52. The lowest BCUT2D eigenvalue weighted by Gasteiger charge is -2.13. The normalized spacial score (nSPS) is 13.2. The van der Waals surface area contributed by atoms with Crippen LogP contribution in [-0.4, -0.2) is 0 Å². The molecule has 0 heterocycles. The highest BCUT2D eigenvalue weighted by Crippen LogP contribution is 2.22. The van der Waals surface area contributed by atoms with Crippen LogP contribution >= 0.6 is 0 Å². The van der Waals surface area contributed by atoms with Crippen molar-refractivity contribution in [2.75, 3.05) is 0 Å². The van der Waals surface area contributed by atoms with E-state index in [0.29, 0.717) is 5.92 Å². The lowest BCUT2D eigenvalue weighted by molar-refractivity contribution is 0.848. The number of rotatable bonds is 6.